The predicted octanol–water partition coefficient (Wildman–Crippen LogP) is 12.1. The first-order valence-electron chi connectivity index (χ1n) is 15.5. The molecule has 41 heavy (non-hydrogen) atoms. The van der Waals surface area contributed by atoms with E-state index in [0.29, 0.717) is 5.92 Å². The highest BCUT2D eigenvalue weighted by molar-refractivity contribution is 5.88. The fourth-order valence-corrected chi connectivity index (χ4v) is 4.92. The van der Waals surface area contributed by atoms with Gasteiger partial charge in [-0.25, -0.2) is 0 Å². The van der Waals surface area contributed by atoms with Crippen molar-refractivity contribution in [2.45, 2.75) is 86.6 Å². The average Bonchev–Trinajstić information content (AvgIpc) is 2.99. The molecule has 0 fully saturated rings. The van der Waals surface area contributed by atoms with E-state index in [1.54, 1.807) is 0 Å². The van der Waals surface area contributed by atoms with Crippen molar-refractivity contribution < 1.29 is 0 Å². The molecule has 0 amide bonds. The molecule has 2 atom stereocenters. The fourth-order valence-electron chi connectivity index (χ4n) is 4.92. The van der Waals surface area contributed by atoms with Crippen molar-refractivity contribution in [1.29, 1.82) is 0 Å². The molecule has 2 rings (SSSR count). The summed E-state index contributed by atoms with van der Waals surface area (Å²) in [6.07, 6.45) is 30.0. The van der Waals surface area contributed by atoms with Crippen LogP contribution in [0, 0.1) is 5.92 Å². The number of fused-ring (bicyclic) bond motifs is 1. The lowest BCUT2D eigenvalue weighted by Crippen LogP contribution is -2.29. The molecule has 218 valence electrons. The number of rotatable bonds is 16. The van der Waals surface area contributed by atoms with Gasteiger partial charge >= 0.3 is 0 Å². The van der Waals surface area contributed by atoms with Crippen LogP contribution < -0.4 is 0 Å². The maximum atomic E-state index is 3.76. The molecule has 0 aliphatic rings. The molecule has 0 saturated heterocycles. The summed E-state index contributed by atoms with van der Waals surface area (Å²) in [4.78, 5) is 2.47. The van der Waals surface area contributed by atoms with E-state index in [-0.39, 0.29) is 6.04 Å². The van der Waals surface area contributed by atoms with E-state index in [0.717, 1.165) is 32.1 Å². The van der Waals surface area contributed by atoms with Crippen LogP contribution in [0.5, 0.6) is 0 Å². The van der Waals surface area contributed by atoms with E-state index in [9.17, 15) is 0 Å². The molecule has 0 aromatic heterocycles. The van der Waals surface area contributed by atoms with Crippen molar-refractivity contribution in [3.8, 4) is 0 Å². The largest absolute Gasteiger partial charge is 0.339 e. The van der Waals surface area contributed by atoms with Crippen LogP contribution in [0.4, 0.5) is 0 Å². The molecule has 2 aromatic carbocycles. The molecule has 0 radical (unpaired) electrons. The number of nitrogens with zero attached hydrogens (tertiary/aromatic N) is 1. The van der Waals surface area contributed by atoms with Gasteiger partial charge < -0.3 is 4.90 Å². The van der Waals surface area contributed by atoms with Crippen molar-refractivity contribution in [3.63, 3.8) is 0 Å². The van der Waals surface area contributed by atoms with Crippen LogP contribution in [-0.4, -0.2) is 10.9 Å². The molecule has 0 heterocycles. The Morgan fingerprint density at radius 3 is 2.37 bits per heavy atom. The predicted molar refractivity (Wildman–Crippen MR) is 186 cm³/mol. The number of hydrogen-bond acceptors (Lipinski definition) is 1. The average molecular weight is 548 g/mol. The van der Waals surface area contributed by atoms with Gasteiger partial charge in [-0.3, -0.25) is 0 Å². The van der Waals surface area contributed by atoms with Crippen LogP contribution in [0.25, 0.3) is 16.3 Å². The second-order valence-electron chi connectivity index (χ2n) is 10.8. The maximum absolute atomic E-state index is 3.76. The van der Waals surface area contributed by atoms with E-state index in [4.69, 9.17) is 0 Å². The monoisotopic (exact) mass is 547 g/mol. The van der Waals surface area contributed by atoms with Crippen molar-refractivity contribution in [3.05, 3.63) is 138 Å². The molecule has 0 bridgehead atoms. The van der Waals surface area contributed by atoms with E-state index >= 15 is 0 Å². The Labute approximate surface area is 251 Å². The Bertz CT molecular complexity index is 1310. The minimum absolute atomic E-state index is 0.191. The summed E-state index contributed by atoms with van der Waals surface area (Å²) in [6, 6.07) is 15.7. The highest BCUT2D eigenvalue weighted by atomic mass is 15.2. The van der Waals surface area contributed by atoms with Gasteiger partial charge in [0.05, 0.1) is 0 Å². The summed E-state index contributed by atoms with van der Waals surface area (Å²) in [6.45, 7) is 19.3. The number of allylic oxidation sites excluding steroid dienone is 13. The molecular formula is C40H53N. The van der Waals surface area contributed by atoms with Crippen molar-refractivity contribution >= 4 is 16.3 Å². The summed E-state index contributed by atoms with van der Waals surface area (Å²) < 4.78 is 0. The lowest BCUT2D eigenvalue weighted by atomic mass is 9.96. The third-order valence-corrected chi connectivity index (χ3v) is 7.51. The quantitative estimate of drug-likeness (QED) is 0.149. The van der Waals surface area contributed by atoms with Gasteiger partial charge in [0.2, 0.25) is 0 Å². The smallest absolute Gasteiger partial charge is 0.0493 e. The van der Waals surface area contributed by atoms with Gasteiger partial charge in [0.1, 0.15) is 0 Å². The third-order valence-electron chi connectivity index (χ3n) is 7.51. The topological polar surface area (TPSA) is 3.24 Å². The number of unbranched alkanes of at least 4 members (excludes halogenated alkanes) is 1. The summed E-state index contributed by atoms with van der Waals surface area (Å²) >= 11 is 0. The third kappa shape index (κ3) is 11.1. The molecular weight excluding hydrogens is 494 g/mol. The summed E-state index contributed by atoms with van der Waals surface area (Å²) in [7, 11) is 0. The molecule has 0 saturated carbocycles. The fraction of sp³-hybridized carbons (Fsp3) is 0.350. The number of benzene rings is 2. The first-order chi connectivity index (χ1) is 19.9. The van der Waals surface area contributed by atoms with Crippen LogP contribution >= 0.6 is 0 Å². The molecule has 0 aliphatic carbocycles. The molecule has 1 heteroatoms. The Balaban J connectivity index is 2.49. The zero-order valence-electron chi connectivity index (χ0n) is 26.7. The van der Waals surface area contributed by atoms with E-state index in [2.05, 4.69) is 157 Å². The molecule has 1 nitrogen and oxygen atoms in total. The first kappa shape index (κ1) is 33.6. The van der Waals surface area contributed by atoms with Gasteiger partial charge in [-0.15, -0.1) is 0 Å². The molecule has 2 unspecified atom stereocenters. The minimum Gasteiger partial charge on any atom is -0.339 e. The van der Waals surface area contributed by atoms with Crippen LogP contribution in [-0.2, 0) is 0 Å². The zero-order valence-corrected chi connectivity index (χ0v) is 26.7. The normalized spacial score (nSPS) is 15.4. The van der Waals surface area contributed by atoms with Gasteiger partial charge in [-0.1, -0.05) is 130 Å². The second kappa shape index (κ2) is 18.7. The Kier molecular flexibility index (Phi) is 15.3. The van der Waals surface area contributed by atoms with Crippen molar-refractivity contribution in [2.24, 2.45) is 5.92 Å². The summed E-state index contributed by atoms with van der Waals surface area (Å²) in [5.41, 5.74) is 6.37. The zero-order chi connectivity index (χ0) is 30.0. The van der Waals surface area contributed by atoms with Gasteiger partial charge in [-0.2, -0.15) is 0 Å². The van der Waals surface area contributed by atoms with Crippen LogP contribution in [0.15, 0.2) is 133 Å². The number of hydrogen-bond donors (Lipinski definition) is 0. The molecule has 2 aromatic rings. The lowest BCUT2D eigenvalue weighted by Gasteiger charge is -2.32. The van der Waals surface area contributed by atoms with E-state index in [1.165, 1.54) is 38.9 Å². The Morgan fingerprint density at radius 1 is 0.951 bits per heavy atom. The lowest BCUT2D eigenvalue weighted by molar-refractivity contribution is 0.393. The minimum atomic E-state index is 0.191. The van der Waals surface area contributed by atoms with Gasteiger partial charge in [-0.05, 0) is 99.4 Å². The van der Waals surface area contributed by atoms with Crippen LogP contribution in [0.2, 0.25) is 0 Å². The van der Waals surface area contributed by atoms with E-state index in [1.807, 2.05) is 12.2 Å². The molecule has 0 aliphatic heterocycles. The maximum Gasteiger partial charge on any atom is 0.0493 e. The van der Waals surface area contributed by atoms with Gasteiger partial charge in [0.15, 0.2) is 0 Å². The molecule has 0 spiro atoms. The second-order valence-corrected chi connectivity index (χ2v) is 10.8. The standard InChI is InChI=1S/C40H53N/c1-9-14-16-17-18-21-35(12-4)26-25-33(7)41(40(13-5)24-15-10-2)34(8)30-39(29-32(6)11-3)38-28-27-36-22-19-20-23-37(36)31-38/h9,12-16,19-20,22-33H,1,10-11,17-18,21H2,2-8H3/b16-14-,24-15-,26-25-,34-30+,35-12-,39-29+,40-13+. The Morgan fingerprint density at radius 2 is 1.71 bits per heavy atom. The molecule has 0 N–H and O–H groups in total. The van der Waals surface area contributed by atoms with Crippen LogP contribution in [0.1, 0.15) is 86.1 Å². The van der Waals surface area contributed by atoms with Crippen molar-refractivity contribution in [1.82, 2.24) is 4.90 Å². The summed E-state index contributed by atoms with van der Waals surface area (Å²) in [5, 5.41) is 2.55. The highest BCUT2D eigenvalue weighted by Gasteiger charge is 2.16. The van der Waals surface area contributed by atoms with E-state index < -0.39 is 0 Å². The van der Waals surface area contributed by atoms with Gasteiger partial charge in [0, 0.05) is 17.4 Å². The SMILES string of the molecule is C=C/C=C\CCCC(/C=C\C(C)N(/C(C)=C/C(=C\C(C)CC)c1ccc2ccccc2c1)C(/C=C\CC)=C/C)=C/C. The first-order valence-corrected chi connectivity index (χ1v) is 15.5. The van der Waals surface area contributed by atoms with Gasteiger partial charge in [0.25, 0.3) is 0 Å². The highest BCUT2D eigenvalue weighted by Crippen LogP contribution is 2.28. The summed E-state index contributed by atoms with van der Waals surface area (Å²) in [5.74, 6) is 0.492. The van der Waals surface area contributed by atoms with Crippen molar-refractivity contribution in [2.75, 3.05) is 0 Å². The van der Waals surface area contributed by atoms with Crippen LogP contribution in [0.3, 0.4) is 0 Å². The Hall–Kier alpha value is -3.58.